The van der Waals surface area contributed by atoms with Crippen molar-refractivity contribution in [2.45, 2.75) is 6.42 Å². The Balaban J connectivity index is 2.17. The molecular weight excluding hydrogens is 284 g/mol. The summed E-state index contributed by atoms with van der Waals surface area (Å²) in [6.07, 6.45) is 0.674. The van der Waals surface area contributed by atoms with Gasteiger partial charge >= 0.3 is 5.97 Å². The molecule has 106 valence electrons. The number of carboxylic acids is 1. The van der Waals surface area contributed by atoms with E-state index in [1.807, 2.05) is 17.5 Å². The molecular formula is C14H13F2NO2S. The molecule has 20 heavy (non-hydrogen) atoms. The second kappa shape index (κ2) is 6.00. The van der Waals surface area contributed by atoms with Gasteiger partial charge in [-0.2, -0.15) is 0 Å². The SMILES string of the molecule is CN(CCc1cccs1)c1c(F)cc(C(=O)O)cc1F. The molecule has 0 spiro atoms. The van der Waals surface area contributed by atoms with E-state index in [2.05, 4.69) is 0 Å². The predicted octanol–water partition coefficient (Wildman–Crippen LogP) is 3.40. The monoisotopic (exact) mass is 297 g/mol. The number of nitrogens with zero attached hydrogens (tertiary/aromatic N) is 1. The predicted molar refractivity (Wildman–Crippen MR) is 74.6 cm³/mol. The molecule has 0 unspecified atom stereocenters. The Bertz CT molecular complexity index is 591. The zero-order chi connectivity index (χ0) is 14.7. The van der Waals surface area contributed by atoms with Crippen molar-refractivity contribution in [1.82, 2.24) is 0 Å². The number of anilines is 1. The third-order valence-corrected chi connectivity index (χ3v) is 3.86. The van der Waals surface area contributed by atoms with E-state index in [4.69, 9.17) is 5.11 Å². The number of hydrogen-bond acceptors (Lipinski definition) is 3. The van der Waals surface area contributed by atoms with Crippen molar-refractivity contribution in [2.75, 3.05) is 18.5 Å². The maximum atomic E-state index is 13.8. The first-order valence-corrected chi connectivity index (χ1v) is 6.83. The minimum atomic E-state index is -1.35. The van der Waals surface area contributed by atoms with Gasteiger partial charge < -0.3 is 10.0 Å². The molecule has 3 nitrogen and oxygen atoms in total. The van der Waals surface area contributed by atoms with Gasteiger partial charge in [0.25, 0.3) is 0 Å². The molecule has 1 heterocycles. The lowest BCUT2D eigenvalue weighted by molar-refractivity contribution is 0.0696. The maximum Gasteiger partial charge on any atom is 0.335 e. The van der Waals surface area contributed by atoms with Gasteiger partial charge in [0.1, 0.15) is 17.3 Å². The van der Waals surface area contributed by atoms with Gasteiger partial charge in [0.05, 0.1) is 5.56 Å². The minimum absolute atomic E-state index is 0.202. The van der Waals surface area contributed by atoms with Crippen LogP contribution in [0.5, 0.6) is 0 Å². The molecule has 1 aromatic carbocycles. The van der Waals surface area contributed by atoms with Crippen LogP contribution in [0.4, 0.5) is 14.5 Å². The van der Waals surface area contributed by atoms with E-state index in [-0.39, 0.29) is 5.69 Å². The molecule has 0 saturated carbocycles. The molecule has 0 aliphatic rings. The smallest absolute Gasteiger partial charge is 0.335 e. The standard InChI is InChI=1S/C14H13F2NO2S/c1-17(5-4-10-3-2-6-20-10)13-11(15)7-9(14(18)19)8-12(13)16/h2-3,6-8H,4-5H2,1H3,(H,18,19). The van der Waals surface area contributed by atoms with Crippen molar-refractivity contribution < 1.29 is 18.7 Å². The van der Waals surface area contributed by atoms with E-state index in [1.165, 1.54) is 4.90 Å². The first kappa shape index (κ1) is 14.5. The summed E-state index contributed by atoms with van der Waals surface area (Å²) in [7, 11) is 1.58. The number of carbonyl (C=O) groups is 1. The number of halogens is 2. The third kappa shape index (κ3) is 3.14. The number of rotatable bonds is 5. The van der Waals surface area contributed by atoms with Gasteiger partial charge in [-0.3, -0.25) is 0 Å². The highest BCUT2D eigenvalue weighted by atomic mass is 32.1. The van der Waals surface area contributed by atoms with Gasteiger partial charge in [0.2, 0.25) is 0 Å². The quantitative estimate of drug-likeness (QED) is 0.919. The molecule has 0 fully saturated rings. The topological polar surface area (TPSA) is 40.5 Å². The molecule has 1 aromatic heterocycles. The highest BCUT2D eigenvalue weighted by Crippen LogP contribution is 2.24. The summed E-state index contributed by atoms with van der Waals surface area (Å²) in [5, 5.41) is 10.7. The zero-order valence-corrected chi connectivity index (χ0v) is 11.6. The van der Waals surface area contributed by atoms with Crippen LogP contribution in [0.3, 0.4) is 0 Å². The van der Waals surface area contributed by atoms with E-state index in [0.29, 0.717) is 13.0 Å². The van der Waals surface area contributed by atoms with Crippen LogP contribution in [0, 0.1) is 11.6 Å². The fourth-order valence-electron chi connectivity index (χ4n) is 1.90. The summed E-state index contributed by atoms with van der Waals surface area (Å²) < 4.78 is 27.7. The van der Waals surface area contributed by atoms with Crippen LogP contribution in [-0.2, 0) is 6.42 Å². The lowest BCUT2D eigenvalue weighted by Crippen LogP contribution is -2.22. The van der Waals surface area contributed by atoms with Crippen molar-refractivity contribution in [2.24, 2.45) is 0 Å². The first-order chi connectivity index (χ1) is 9.49. The van der Waals surface area contributed by atoms with Gasteiger partial charge in [-0.25, -0.2) is 13.6 Å². The van der Waals surface area contributed by atoms with E-state index < -0.39 is 23.2 Å². The molecule has 0 radical (unpaired) electrons. The van der Waals surface area contributed by atoms with Gasteiger partial charge in [-0.1, -0.05) is 6.07 Å². The molecule has 1 N–H and O–H groups in total. The van der Waals surface area contributed by atoms with Crippen molar-refractivity contribution in [3.63, 3.8) is 0 Å². The largest absolute Gasteiger partial charge is 0.478 e. The molecule has 0 bridgehead atoms. The summed E-state index contributed by atoms with van der Waals surface area (Å²) in [5.41, 5.74) is -0.595. The van der Waals surface area contributed by atoms with Crippen LogP contribution in [0.2, 0.25) is 0 Å². The minimum Gasteiger partial charge on any atom is -0.478 e. The summed E-state index contributed by atoms with van der Waals surface area (Å²) in [6.45, 7) is 0.445. The van der Waals surface area contributed by atoms with Crippen LogP contribution in [0.15, 0.2) is 29.6 Å². The Morgan fingerprint density at radius 2 is 2.00 bits per heavy atom. The Morgan fingerprint density at radius 1 is 1.35 bits per heavy atom. The number of aromatic carboxylic acids is 1. The second-order valence-corrected chi connectivity index (χ2v) is 5.38. The van der Waals surface area contributed by atoms with E-state index in [9.17, 15) is 13.6 Å². The lowest BCUT2D eigenvalue weighted by Gasteiger charge is -2.20. The highest BCUT2D eigenvalue weighted by Gasteiger charge is 2.17. The molecule has 0 amide bonds. The molecule has 0 aliphatic heterocycles. The number of likely N-dealkylation sites (N-methyl/N-ethyl adjacent to an activating group) is 1. The lowest BCUT2D eigenvalue weighted by atomic mass is 10.1. The Hall–Kier alpha value is -1.95. The summed E-state index contributed by atoms with van der Waals surface area (Å²) in [6, 6.07) is 5.55. The summed E-state index contributed by atoms with van der Waals surface area (Å²) in [4.78, 5) is 13.3. The fraction of sp³-hybridized carbons (Fsp3) is 0.214. The van der Waals surface area contributed by atoms with E-state index in [0.717, 1.165) is 17.0 Å². The molecule has 0 atom stereocenters. The van der Waals surface area contributed by atoms with E-state index in [1.54, 1.807) is 18.4 Å². The van der Waals surface area contributed by atoms with Crippen molar-refractivity contribution in [1.29, 1.82) is 0 Å². The normalized spacial score (nSPS) is 10.6. The molecule has 0 aliphatic carbocycles. The van der Waals surface area contributed by atoms with Gasteiger partial charge in [-0.15, -0.1) is 11.3 Å². The van der Waals surface area contributed by atoms with Crippen molar-refractivity contribution >= 4 is 23.0 Å². The number of hydrogen-bond donors (Lipinski definition) is 1. The average Bonchev–Trinajstić information content (AvgIpc) is 2.88. The number of thiophene rings is 1. The highest BCUT2D eigenvalue weighted by molar-refractivity contribution is 7.09. The molecule has 2 aromatic rings. The van der Waals surface area contributed by atoms with Crippen LogP contribution in [0.25, 0.3) is 0 Å². The molecule has 2 rings (SSSR count). The molecule has 0 saturated heterocycles. The van der Waals surface area contributed by atoms with Crippen molar-refractivity contribution in [3.8, 4) is 0 Å². The van der Waals surface area contributed by atoms with E-state index >= 15 is 0 Å². The second-order valence-electron chi connectivity index (χ2n) is 4.34. The average molecular weight is 297 g/mol. The van der Waals surface area contributed by atoms with Gasteiger partial charge in [0.15, 0.2) is 0 Å². The third-order valence-electron chi connectivity index (χ3n) is 2.92. The van der Waals surface area contributed by atoms with Gasteiger partial charge in [-0.05, 0) is 30.0 Å². The Morgan fingerprint density at radius 3 is 2.50 bits per heavy atom. The fourth-order valence-corrected chi connectivity index (χ4v) is 2.60. The Labute approximate surface area is 119 Å². The van der Waals surface area contributed by atoms with Crippen molar-refractivity contribution in [3.05, 3.63) is 51.7 Å². The van der Waals surface area contributed by atoms with Crippen LogP contribution < -0.4 is 4.90 Å². The Kier molecular flexibility index (Phi) is 4.34. The zero-order valence-electron chi connectivity index (χ0n) is 10.8. The number of carboxylic acid groups (broad SMARTS) is 1. The summed E-state index contributed by atoms with van der Waals surface area (Å²) >= 11 is 1.58. The summed E-state index contributed by atoms with van der Waals surface area (Å²) in [5.74, 6) is -3.08. The van der Waals surface area contributed by atoms with Gasteiger partial charge in [0, 0.05) is 18.5 Å². The first-order valence-electron chi connectivity index (χ1n) is 5.95. The maximum absolute atomic E-state index is 13.8. The van der Waals surface area contributed by atoms with Crippen LogP contribution in [-0.4, -0.2) is 24.7 Å². The van der Waals surface area contributed by atoms with Crippen LogP contribution >= 0.6 is 11.3 Å². The van der Waals surface area contributed by atoms with Crippen LogP contribution in [0.1, 0.15) is 15.2 Å². The molecule has 6 heteroatoms. The number of benzene rings is 1.